The number of anilines is 1. The number of rotatable bonds is 4. The Morgan fingerprint density at radius 3 is 2.57 bits per heavy atom. The number of nitrogens with one attached hydrogen (secondary N) is 1. The summed E-state index contributed by atoms with van der Waals surface area (Å²) in [6.45, 7) is 1.52. The quantitative estimate of drug-likeness (QED) is 0.906. The number of halogens is 2. The Labute approximate surface area is 127 Å². The number of sulfonamides is 1. The SMILES string of the molecule is Cc1ccc(S(=O)(=O)Nc2ccc(F)c(Cl)c2)cc1CO. The van der Waals surface area contributed by atoms with E-state index in [0.717, 1.165) is 11.6 Å². The molecule has 0 heterocycles. The fraction of sp³-hybridized carbons (Fsp3) is 0.143. The molecular weight excluding hydrogens is 317 g/mol. The third-order valence-electron chi connectivity index (χ3n) is 2.97. The Hall–Kier alpha value is -1.63. The predicted molar refractivity (Wildman–Crippen MR) is 79.3 cm³/mol. The van der Waals surface area contributed by atoms with Crippen LogP contribution in [0.1, 0.15) is 11.1 Å². The van der Waals surface area contributed by atoms with Gasteiger partial charge in [0.15, 0.2) is 0 Å². The summed E-state index contributed by atoms with van der Waals surface area (Å²) < 4.78 is 39.9. The molecule has 0 saturated heterocycles. The van der Waals surface area contributed by atoms with Gasteiger partial charge in [0.1, 0.15) is 5.82 Å². The molecule has 0 radical (unpaired) electrons. The van der Waals surface area contributed by atoms with E-state index in [-0.39, 0.29) is 22.2 Å². The van der Waals surface area contributed by atoms with Crippen molar-refractivity contribution in [3.8, 4) is 0 Å². The highest BCUT2D eigenvalue weighted by Gasteiger charge is 2.16. The van der Waals surface area contributed by atoms with Crippen LogP contribution >= 0.6 is 11.6 Å². The molecule has 0 unspecified atom stereocenters. The largest absolute Gasteiger partial charge is 0.392 e. The first-order valence-corrected chi connectivity index (χ1v) is 7.88. The molecule has 0 saturated carbocycles. The highest BCUT2D eigenvalue weighted by atomic mass is 35.5. The molecule has 0 bridgehead atoms. The van der Waals surface area contributed by atoms with Crippen LogP contribution in [0.4, 0.5) is 10.1 Å². The van der Waals surface area contributed by atoms with Crippen molar-refractivity contribution in [3.63, 3.8) is 0 Å². The fourth-order valence-corrected chi connectivity index (χ4v) is 3.04. The lowest BCUT2D eigenvalue weighted by Crippen LogP contribution is -2.13. The smallest absolute Gasteiger partial charge is 0.261 e. The lowest BCUT2D eigenvalue weighted by Gasteiger charge is -2.10. The first-order chi connectivity index (χ1) is 9.83. The molecule has 2 rings (SSSR count). The lowest BCUT2D eigenvalue weighted by molar-refractivity contribution is 0.281. The molecule has 2 N–H and O–H groups in total. The maximum Gasteiger partial charge on any atom is 0.261 e. The number of hydrogen-bond acceptors (Lipinski definition) is 3. The van der Waals surface area contributed by atoms with Crippen molar-refractivity contribution in [1.29, 1.82) is 0 Å². The number of benzene rings is 2. The van der Waals surface area contributed by atoms with Gasteiger partial charge in [0.25, 0.3) is 10.0 Å². The van der Waals surface area contributed by atoms with Crippen molar-refractivity contribution in [1.82, 2.24) is 0 Å². The number of aliphatic hydroxyl groups is 1. The molecule has 2 aromatic rings. The standard InChI is InChI=1S/C14H13ClFNO3S/c1-9-2-4-12(6-10(9)8-18)21(19,20)17-11-3-5-14(16)13(15)7-11/h2-7,17-18H,8H2,1H3. The first kappa shape index (κ1) is 15.8. The zero-order valence-electron chi connectivity index (χ0n) is 11.1. The zero-order valence-corrected chi connectivity index (χ0v) is 12.7. The summed E-state index contributed by atoms with van der Waals surface area (Å²) in [5.74, 6) is -0.627. The van der Waals surface area contributed by atoms with Gasteiger partial charge in [-0.1, -0.05) is 17.7 Å². The minimum Gasteiger partial charge on any atom is -0.392 e. The van der Waals surface area contributed by atoms with Gasteiger partial charge in [-0.3, -0.25) is 4.72 Å². The van der Waals surface area contributed by atoms with Gasteiger partial charge in [-0.2, -0.15) is 0 Å². The molecule has 0 aromatic heterocycles. The topological polar surface area (TPSA) is 66.4 Å². The van der Waals surface area contributed by atoms with Gasteiger partial charge >= 0.3 is 0 Å². The summed E-state index contributed by atoms with van der Waals surface area (Å²) in [5, 5.41) is 9.02. The molecule has 21 heavy (non-hydrogen) atoms. The Kier molecular flexibility index (Phi) is 4.51. The molecule has 0 aliphatic carbocycles. The van der Waals surface area contributed by atoms with E-state index in [4.69, 9.17) is 11.6 Å². The minimum absolute atomic E-state index is 0.0117. The van der Waals surface area contributed by atoms with E-state index < -0.39 is 15.8 Å². The molecule has 0 amide bonds. The van der Waals surface area contributed by atoms with Crippen LogP contribution in [0.2, 0.25) is 5.02 Å². The van der Waals surface area contributed by atoms with Gasteiger partial charge < -0.3 is 5.11 Å². The van der Waals surface area contributed by atoms with E-state index in [1.165, 1.54) is 24.3 Å². The molecular formula is C14H13ClFNO3S. The van der Waals surface area contributed by atoms with Gasteiger partial charge in [-0.05, 0) is 48.4 Å². The maximum absolute atomic E-state index is 13.1. The van der Waals surface area contributed by atoms with Gasteiger partial charge in [0, 0.05) is 0 Å². The van der Waals surface area contributed by atoms with Crippen molar-refractivity contribution in [2.75, 3.05) is 4.72 Å². The van der Waals surface area contributed by atoms with E-state index >= 15 is 0 Å². The van der Waals surface area contributed by atoms with Crippen molar-refractivity contribution in [3.05, 3.63) is 58.4 Å². The van der Waals surface area contributed by atoms with E-state index in [0.29, 0.717) is 5.56 Å². The van der Waals surface area contributed by atoms with Crippen molar-refractivity contribution in [2.24, 2.45) is 0 Å². The first-order valence-electron chi connectivity index (χ1n) is 6.02. The molecule has 0 aliphatic rings. The molecule has 0 aliphatic heterocycles. The van der Waals surface area contributed by atoms with Crippen LogP contribution in [0.25, 0.3) is 0 Å². The van der Waals surface area contributed by atoms with E-state index in [1.807, 2.05) is 0 Å². The van der Waals surface area contributed by atoms with Crippen LogP contribution in [0, 0.1) is 12.7 Å². The molecule has 0 fully saturated rings. The van der Waals surface area contributed by atoms with Crippen LogP contribution in [0.15, 0.2) is 41.3 Å². The number of hydrogen-bond donors (Lipinski definition) is 2. The molecule has 112 valence electrons. The van der Waals surface area contributed by atoms with E-state index in [9.17, 15) is 17.9 Å². The summed E-state index contributed by atoms with van der Waals surface area (Å²) in [5.41, 5.74) is 1.48. The average molecular weight is 330 g/mol. The van der Waals surface area contributed by atoms with E-state index in [2.05, 4.69) is 4.72 Å². The number of aryl methyl sites for hydroxylation is 1. The van der Waals surface area contributed by atoms with Crippen LogP contribution in [0.3, 0.4) is 0 Å². The zero-order chi connectivity index (χ0) is 15.6. The molecule has 7 heteroatoms. The third-order valence-corrected chi connectivity index (χ3v) is 4.64. The Balaban J connectivity index is 2.35. The summed E-state index contributed by atoms with van der Waals surface area (Å²) in [6.07, 6.45) is 0. The van der Waals surface area contributed by atoms with Crippen molar-refractivity contribution in [2.45, 2.75) is 18.4 Å². The monoisotopic (exact) mass is 329 g/mol. The average Bonchev–Trinajstić information content (AvgIpc) is 2.43. The third kappa shape index (κ3) is 3.53. The molecule has 2 aromatic carbocycles. The summed E-state index contributed by atoms with van der Waals surface area (Å²) in [4.78, 5) is 0.0117. The second-order valence-electron chi connectivity index (χ2n) is 4.48. The van der Waals surface area contributed by atoms with Crippen molar-refractivity contribution < 1.29 is 17.9 Å². The van der Waals surface area contributed by atoms with Crippen molar-refractivity contribution >= 4 is 27.3 Å². The summed E-state index contributed by atoms with van der Waals surface area (Å²) >= 11 is 5.61. The van der Waals surface area contributed by atoms with Crippen LogP contribution in [0.5, 0.6) is 0 Å². The molecule has 4 nitrogen and oxygen atoms in total. The lowest BCUT2D eigenvalue weighted by atomic mass is 10.1. The summed E-state index contributed by atoms with van der Waals surface area (Å²) in [7, 11) is -3.83. The normalized spacial score (nSPS) is 11.4. The highest BCUT2D eigenvalue weighted by molar-refractivity contribution is 7.92. The second kappa shape index (κ2) is 6.01. The molecule has 0 atom stereocenters. The van der Waals surface area contributed by atoms with Crippen LogP contribution in [-0.2, 0) is 16.6 Å². The number of aliphatic hydroxyl groups excluding tert-OH is 1. The summed E-state index contributed by atoms with van der Waals surface area (Å²) in [6, 6.07) is 7.98. The van der Waals surface area contributed by atoms with Gasteiger partial charge in [0.2, 0.25) is 0 Å². The fourth-order valence-electron chi connectivity index (χ4n) is 1.76. The second-order valence-corrected chi connectivity index (χ2v) is 6.57. The Morgan fingerprint density at radius 1 is 1.24 bits per heavy atom. The Bertz CT molecular complexity index is 778. The molecule has 0 spiro atoms. The van der Waals surface area contributed by atoms with E-state index in [1.54, 1.807) is 13.0 Å². The maximum atomic E-state index is 13.1. The van der Waals surface area contributed by atoms with Gasteiger partial charge in [-0.25, -0.2) is 12.8 Å². The van der Waals surface area contributed by atoms with Crippen LogP contribution in [-0.4, -0.2) is 13.5 Å². The van der Waals surface area contributed by atoms with Crippen LogP contribution < -0.4 is 4.72 Å². The highest BCUT2D eigenvalue weighted by Crippen LogP contribution is 2.23. The minimum atomic E-state index is -3.83. The Morgan fingerprint density at radius 2 is 1.95 bits per heavy atom. The predicted octanol–water partition coefficient (Wildman–Crippen LogP) is 3.08. The van der Waals surface area contributed by atoms with Gasteiger partial charge in [0.05, 0.1) is 22.2 Å². The van der Waals surface area contributed by atoms with Gasteiger partial charge in [-0.15, -0.1) is 0 Å².